The van der Waals surface area contributed by atoms with Crippen LogP contribution in [-0.2, 0) is 4.79 Å². The van der Waals surface area contributed by atoms with E-state index in [0.29, 0.717) is 19.0 Å². The number of ether oxygens (including phenoxy) is 1. The second-order valence-electron chi connectivity index (χ2n) is 4.59. The Morgan fingerprint density at radius 2 is 2.45 bits per heavy atom. The summed E-state index contributed by atoms with van der Waals surface area (Å²) in [6, 6.07) is 1.53. The molecule has 0 saturated carbocycles. The van der Waals surface area contributed by atoms with Gasteiger partial charge in [0.25, 0.3) is 0 Å². The van der Waals surface area contributed by atoms with Crippen LogP contribution in [0, 0.1) is 0 Å². The van der Waals surface area contributed by atoms with Crippen LogP contribution in [-0.4, -0.2) is 55.2 Å². The number of hydrogen-bond donors (Lipinski definition) is 2. The molecule has 110 valence electrons. The summed E-state index contributed by atoms with van der Waals surface area (Å²) in [5, 5.41) is 5.91. The van der Waals surface area contributed by atoms with Crippen LogP contribution in [0.1, 0.15) is 13.3 Å². The molecule has 2 heterocycles. The number of carbonyl (C=O) groups excluding carboxylic acids is 1. The number of nitrogens with zero attached hydrogens (tertiary/aromatic N) is 3. The van der Waals surface area contributed by atoms with Crippen molar-refractivity contribution in [3.63, 3.8) is 0 Å². The monoisotopic (exact) mass is 279 g/mol. The Hall–Kier alpha value is -1.89. The van der Waals surface area contributed by atoms with Gasteiger partial charge in [-0.1, -0.05) is 6.92 Å². The molecule has 0 spiro atoms. The summed E-state index contributed by atoms with van der Waals surface area (Å²) >= 11 is 0. The first kappa shape index (κ1) is 14.5. The first-order chi connectivity index (χ1) is 9.76. The Labute approximate surface area is 118 Å². The molecule has 20 heavy (non-hydrogen) atoms. The lowest BCUT2D eigenvalue weighted by Gasteiger charge is -2.35. The Morgan fingerprint density at radius 3 is 3.20 bits per heavy atom. The zero-order valence-electron chi connectivity index (χ0n) is 11.9. The van der Waals surface area contributed by atoms with Crippen molar-refractivity contribution in [3.8, 4) is 5.88 Å². The van der Waals surface area contributed by atoms with E-state index in [1.807, 2.05) is 11.8 Å². The maximum atomic E-state index is 11.9. The summed E-state index contributed by atoms with van der Waals surface area (Å²) in [5.41, 5.74) is 0. The Bertz CT molecular complexity index is 454. The molecule has 1 aromatic heterocycles. The number of anilines is 1. The summed E-state index contributed by atoms with van der Waals surface area (Å²) in [5.74, 6) is 1.25. The van der Waals surface area contributed by atoms with E-state index < -0.39 is 0 Å². The van der Waals surface area contributed by atoms with Crippen molar-refractivity contribution in [2.45, 2.75) is 19.4 Å². The molecule has 1 amide bonds. The van der Waals surface area contributed by atoms with Crippen molar-refractivity contribution in [1.82, 2.24) is 20.6 Å². The molecule has 1 aliphatic rings. The lowest BCUT2D eigenvalue weighted by atomic mass is 10.1. The molecule has 1 aromatic rings. The van der Waals surface area contributed by atoms with Crippen molar-refractivity contribution in [3.05, 3.63) is 12.4 Å². The van der Waals surface area contributed by atoms with Gasteiger partial charge in [0, 0.05) is 32.7 Å². The molecule has 1 atom stereocenters. The third-order valence-corrected chi connectivity index (χ3v) is 3.17. The predicted octanol–water partition coefficient (Wildman–Crippen LogP) is -0.210. The van der Waals surface area contributed by atoms with Gasteiger partial charge in [0.15, 0.2) is 0 Å². The second-order valence-corrected chi connectivity index (χ2v) is 4.59. The SMILES string of the molecule is CCCOc1cc(N2CCNCC2C(=O)NC)ncn1. The second kappa shape index (κ2) is 7.04. The van der Waals surface area contributed by atoms with E-state index in [9.17, 15) is 4.79 Å². The van der Waals surface area contributed by atoms with Crippen LogP contribution in [0.5, 0.6) is 5.88 Å². The minimum atomic E-state index is -0.261. The van der Waals surface area contributed by atoms with E-state index in [0.717, 1.165) is 25.3 Å². The highest BCUT2D eigenvalue weighted by atomic mass is 16.5. The molecule has 1 aliphatic heterocycles. The number of amides is 1. The van der Waals surface area contributed by atoms with E-state index in [1.165, 1.54) is 6.33 Å². The smallest absolute Gasteiger partial charge is 0.243 e. The van der Waals surface area contributed by atoms with Gasteiger partial charge in [0.05, 0.1) is 6.61 Å². The van der Waals surface area contributed by atoms with Crippen LogP contribution in [0.15, 0.2) is 12.4 Å². The molecule has 7 heteroatoms. The molecule has 0 aromatic carbocycles. The molecule has 2 rings (SSSR count). The summed E-state index contributed by atoms with van der Waals surface area (Å²) in [4.78, 5) is 22.3. The minimum absolute atomic E-state index is 0.0214. The fourth-order valence-electron chi connectivity index (χ4n) is 2.15. The molecule has 0 radical (unpaired) electrons. The Balaban J connectivity index is 2.16. The average molecular weight is 279 g/mol. The minimum Gasteiger partial charge on any atom is -0.478 e. The maximum absolute atomic E-state index is 11.9. The molecule has 1 fully saturated rings. The van der Waals surface area contributed by atoms with Gasteiger partial charge >= 0.3 is 0 Å². The highest BCUT2D eigenvalue weighted by Crippen LogP contribution is 2.19. The van der Waals surface area contributed by atoms with E-state index in [4.69, 9.17) is 4.74 Å². The number of rotatable bonds is 5. The van der Waals surface area contributed by atoms with Crippen LogP contribution in [0.4, 0.5) is 5.82 Å². The van der Waals surface area contributed by atoms with Crippen LogP contribution in [0.2, 0.25) is 0 Å². The number of carbonyl (C=O) groups is 1. The average Bonchev–Trinajstić information content (AvgIpc) is 2.52. The zero-order chi connectivity index (χ0) is 14.4. The largest absolute Gasteiger partial charge is 0.478 e. The topological polar surface area (TPSA) is 79.4 Å². The molecule has 0 bridgehead atoms. The number of aromatic nitrogens is 2. The lowest BCUT2D eigenvalue weighted by Crippen LogP contribution is -2.57. The fraction of sp³-hybridized carbons (Fsp3) is 0.615. The van der Waals surface area contributed by atoms with Crippen molar-refractivity contribution in [1.29, 1.82) is 0 Å². The van der Waals surface area contributed by atoms with E-state index in [-0.39, 0.29) is 11.9 Å². The van der Waals surface area contributed by atoms with Gasteiger partial charge < -0.3 is 20.3 Å². The molecule has 1 saturated heterocycles. The van der Waals surface area contributed by atoms with E-state index in [1.54, 1.807) is 13.1 Å². The van der Waals surface area contributed by atoms with Gasteiger partial charge in [-0.15, -0.1) is 0 Å². The van der Waals surface area contributed by atoms with Gasteiger partial charge in [-0.05, 0) is 6.42 Å². The third kappa shape index (κ3) is 3.36. The van der Waals surface area contributed by atoms with Crippen molar-refractivity contribution in [2.24, 2.45) is 0 Å². The van der Waals surface area contributed by atoms with Crippen LogP contribution in [0.25, 0.3) is 0 Å². The quantitative estimate of drug-likeness (QED) is 0.776. The summed E-state index contributed by atoms with van der Waals surface area (Å²) in [6.07, 6.45) is 2.40. The first-order valence-electron chi connectivity index (χ1n) is 6.90. The number of piperazine rings is 1. The normalized spacial score (nSPS) is 18.7. The van der Waals surface area contributed by atoms with E-state index in [2.05, 4.69) is 20.6 Å². The zero-order valence-corrected chi connectivity index (χ0v) is 11.9. The summed E-state index contributed by atoms with van der Waals surface area (Å²) < 4.78 is 5.51. The molecule has 0 aliphatic carbocycles. The van der Waals surface area contributed by atoms with Gasteiger partial charge in [0.1, 0.15) is 18.2 Å². The number of nitrogens with one attached hydrogen (secondary N) is 2. The van der Waals surface area contributed by atoms with Crippen LogP contribution in [0.3, 0.4) is 0 Å². The highest BCUT2D eigenvalue weighted by molar-refractivity contribution is 5.85. The molecule has 2 N–H and O–H groups in total. The number of hydrogen-bond acceptors (Lipinski definition) is 6. The van der Waals surface area contributed by atoms with E-state index >= 15 is 0 Å². The standard InChI is InChI=1S/C13H21N5O2/c1-3-6-20-12-7-11(16-9-17-12)18-5-4-15-8-10(18)13(19)14-2/h7,9-10,15H,3-6,8H2,1-2H3,(H,14,19). The van der Waals surface area contributed by atoms with Crippen molar-refractivity contribution in [2.75, 3.05) is 38.2 Å². The summed E-state index contributed by atoms with van der Waals surface area (Å²) in [6.45, 7) is 4.82. The Morgan fingerprint density at radius 1 is 1.60 bits per heavy atom. The molecule has 7 nitrogen and oxygen atoms in total. The van der Waals surface area contributed by atoms with Gasteiger partial charge in [0.2, 0.25) is 11.8 Å². The van der Waals surface area contributed by atoms with Gasteiger partial charge in [-0.3, -0.25) is 4.79 Å². The fourth-order valence-corrected chi connectivity index (χ4v) is 2.15. The third-order valence-electron chi connectivity index (χ3n) is 3.17. The molecular formula is C13H21N5O2. The Kier molecular flexibility index (Phi) is 5.11. The van der Waals surface area contributed by atoms with Crippen molar-refractivity contribution >= 4 is 11.7 Å². The van der Waals surface area contributed by atoms with Crippen LogP contribution >= 0.6 is 0 Å². The number of likely N-dealkylation sites (N-methyl/N-ethyl adjacent to an activating group) is 1. The predicted molar refractivity (Wildman–Crippen MR) is 75.9 cm³/mol. The molecule has 1 unspecified atom stereocenters. The highest BCUT2D eigenvalue weighted by Gasteiger charge is 2.29. The van der Waals surface area contributed by atoms with Gasteiger partial charge in [-0.2, -0.15) is 0 Å². The molecular weight excluding hydrogens is 258 g/mol. The van der Waals surface area contributed by atoms with Crippen LogP contribution < -0.4 is 20.3 Å². The van der Waals surface area contributed by atoms with Crippen molar-refractivity contribution < 1.29 is 9.53 Å². The maximum Gasteiger partial charge on any atom is 0.243 e. The van der Waals surface area contributed by atoms with Gasteiger partial charge in [-0.25, -0.2) is 9.97 Å². The lowest BCUT2D eigenvalue weighted by molar-refractivity contribution is -0.122. The summed E-state index contributed by atoms with van der Waals surface area (Å²) in [7, 11) is 1.64. The first-order valence-corrected chi connectivity index (χ1v) is 6.90.